The van der Waals surface area contributed by atoms with Gasteiger partial charge in [-0.2, -0.15) is 18.2 Å². The standard InChI is InChI=1S/C18H16F3N3O3/c19-18(20,21)13-5-2-1-4-12(13)9-10-22-15(25)7-8-16-23-17(24-27-16)14-6-3-11-26-14/h1-6,11H,7-10H2,(H,22,25). The van der Waals surface area contributed by atoms with Crippen LogP contribution in [0.25, 0.3) is 11.6 Å². The third-order valence-electron chi connectivity index (χ3n) is 3.81. The summed E-state index contributed by atoms with van der Waals surface area (Å²) >= 11 is 0. The van der Waals surface area contributed by atoms with Crippen LogP contribution in [-0.4, -0.2) is 22.6 Å². The van der Waals surface area contributed by atoms with Crippen LogP contribution in [0.2, 0.25) is 0 Å². The summed E-state index contributed by atoms with van der Waals surface area (Å²) in [6.45, 7) is 0.105. The molecule has 0 saturated carbocycles. The molecule has 0 fully saturated rings. The van der Waals surface area contributed by atoms with Crippen LogP contribution in [0, 0.1) is 0 Å². The molecule has 2 aromatic heterocycles. The van der Waals surface area contributed by atoms with Crippen molar-refractivity contribution in [1.82, 2.24) is 15.5 Å². The van der Waals surface area contributed by atoms with E-state index in [1.165, 1.54) is 18.4 Å². The Labute approximate surface area is 152 Å². The predicted octanol–water partition coefficient (Wildman–Crippen LogP) is 3.64. The van der Waals surface area contributed by atoms with E-state index in [2.05, 4.69) is 15.5 Å². The molecule has 0 radical (unpaired) electrons. The van der Waals surface area contributed by atoms with E-state index in [9.17, 15) is 18.0 Å². The van der Waals surface area contributed by atoms with E-state index < -0.39 is 11.7 Å². The van der Waals surface area contributed by atoms with Crippen LogP contribution in [-0.2, 0) is 23.8 Å². The molecular formula is C18H16F3N3O3. The number of carbonyl (C=O) groups excluding carboxylic acids is 1. The van der Waals surface area contributed by atoms with Gasteiger partial charge in [0.25, 0.3) is 0 Å². The van der Waals surface area contributed by atoms with Crippen molar-refractivity contribution in [2.45, 2.75) is 25.4 Å². The normalized spacial score (nSPS) is 11.5. The molecule has 6 nitrogen and oxygen atoms in total. The maximum Gasteiger partial charge on any atom is 0.416 e. The van der Waals surface area contributed by atoms with Gasteiger partial charge in [-0.15, -0.1) is 0 Å². The van der Waals surface area contributed by atoms with Gasteiger partial charge in [-0.25, -0.2) is 0 Å². The fraction of sp³-hybridized carbons (Fsp3) is 0.278. The summed E-state index contributed by atoms with van der Waals surface area (Å²) < 4.78 is 49.0. The number of amides is 1. The summed E-state index contributed by atoms with van der Waals surface area (Å²) in [5.74, 6) is 0.716. The summed E-state index contributed by atoms with van der Waals surface area (Å²) in [7, 11) is 0. The van der Waals surface area contributed by atoms with Gasteiger partial charge in [-0.1, -0.05) is 23.4 Å². The molecule has 3 rings (SSSR count). The van der Waals surface area contributed by atoms with E-state index in [4.69, 9.17) is 8.94 Å². The number of alkyl halides is 3. The Morgan fingerprint density at radius 3 is 2.67 bits per heavy atom. The molecule has 0 unspecified atom stereocenters. The zero-order valence-corrected chi connectivity index (χ0v) is 14.1. The van der Waals surface area contributed by atoms with Crippen LogP contribution < -0.4 is 5.32 Å². The first-order valence-corrected chi connectivity index (χ1v) is 8.22. The SMILES string of the molecule is O=C(CCc1nc(-c2ccco2)no1)NCCc1ccccc1C(F)(F)F. The Morgan fingerprint density at radius 1 is 1.11 bits per heavy atom. The van der Waals surface area contributed by atoms with E-state index >= 15 is 0 Å². The largest absolute Gasteiger partial charge is 0.461 e. The Kier molecular flexibility index (Phi) is 5.58. The molecule has 0 atom stereocenters. The third-order valence-corrected chi connectivity index (χ3v) is 3.81. The van der Waals surface area contributed by atoms with Gasteiger partial charge < -0.3 is 14.3 Å². The third kappa shape index (κ3) is 4.96. The number of rotatable bonds is 7. The number of hydrogen-bond donors (Lipinski definition) is 1. The average Bonchev–Trinajstić information content (AvgIpc) is 3.31. The van der Waals surface area contributed by atoms with Gasteiger partial charge in [-0.05, 0) is 30.2 Å². The lowest BCUT2D eigenvalue weighted by Gasteiger charge is -2.12. The molecule has 1 N–H and O–H groups in total. The molecule has 0 bridgehead atoms. The zero-order chi connectivity index (χ0) is 19.3. The summed E-state index contributed by atoms with van der Waals surface area (Å²) in [6.07, 6.45) is -2.54. The summed E-state index contributed by atoms with van der Waals surface area (Å²) in [5.41, 5.74) is -0.541. The van der Waals surface area contributed by atoms with Crippen molar-refractivity contribution in [1.29, 1.82) is 0 Å². The van der Waals surface area contributed by atoms with Crippen LogP contribution in [0.3, 0.4) is 0 Å². The maximum atomic E-state index is 12.9. The first kappa shape index (κ1) is 18.7. The number of benzene rings is 1. The molecule has 0 saturated heterocycles. The smallest absolute Gasteiger partial charge is 0.416 e. The summed E-state index contributed by atoms with van der Waals surface area (Å²) in [4.78, 5) is 16.0. The van der Waals surface area contributed by atoms with Crippen LogP contribution in [0.4, 0.5) is 13.2 Å². The quantitative estimate of drug-likeness (QED) is 0.678. The van der Waals surface area contributed by atoms with Crippen molar-refractivity contribution >= 4 is 5.91 Å². The highest BCUT2D eigenvalue weighted by Gasteiger charge is 2.32. The minimum absolute atomic E-state index is 0.0840. The number of aryl methyl sites for hydroxylation is 1. The number of nitrogens with one attached hydrogen (secondary N) is 1. The monoisotopic (exact) mass is 379 g/mol. The Hall–Kier alpha value is -3.10. The van der Waals surface area contributed by atoms with Crippen molar-refractivity contribution < 1.29 is 26.9 Å². The second-order valence-electron chi connectivity index (χ2n) is 5.74. The number of hydrogen-bond acceptors (Lipinski definition) is 5. The second-order valence-corrected chi connectivity index (χ2v) is 5.74. The van der Waals surface area contributed by atoms with Crippen molar-refractivity contribution in [3.63, 3.8) is 0 Å². The number of halogens is 3. The molecule has 0 aliphatic carbocycles. The molecule has 0 aliphatic rings. The van der Waals surface area contributed by atoms with Crippen LogP contribution in [0.15, 0.2) is 51.6 Å². The van der Waals surface area contributed by atoms with Crippen molar-refractivity contribution in [3.8, 4) is 11.6 Å². The van der Waals surface area contributed by atoms with E-state index in [0.29, 0.717) is 11.6 Å². The molecule has 1 amide bonds. The van der Waals surface area contributed by atoms with Crippen molar-refractivity contribution in [3.05, 3.63) is 59.7 Å². The van der Waals surface area contributed by atoms with E-state index in [1.54, 1.807) is 18.2 Å². The minimum Gasteiger partial charge on any atom is -0.461 e. The van der Waals surface area contributed by atoms with Gasteiger partial charge >= 0.3 is 6.18 Å². The Morgan fingerprint density at radius 2 is 1.93 bits per heavy atom. The molecular weight excluding hydrogens is 363 g/mol. The minimum atomic E-state index is -4.41. The van der Waals surface area contributed by atoms with Crippen molar-refractivity contribution in [2.24, 2.45) is 0 Å². The van der Waals surface area contributed by atoms with Gasteiger partial charge in [0.1, 0.15) is 0 Å². The van der Waals surface area contributed by atoms with Crippen LogP contribution >= 0.6 is 0 Å². The molecule has 2 heterocycles. The molecule has 0 aliphatic heterocycles. The molecule has 27 heavy (non-hydrogen) atoms. The molecule has 0 spiro atoms. The lowest BCUT2D eigenvalue weighted by molar-refractivity contribution is -0.138. The molecule has 9 heteroatoms. The Bertz CT molecular complexity index is 889. The first-order chi connectivity index (χ1) is 12.9. The fourth-order valence-corrected chi connectivity index (χ4v) is 2.52. The highest BCUT2D eigenvalue weighted by molar-refractivity contribution is 5.76. The topological polar surface area (TPSA) is 81.2 Å². The summed E-state index contributed by atoms with van der Waals surface area (Å²) in [5, 5.41) is 6.35. The molecule has 1 aromatic carbocycles. The van der Waals surface area contributed by atoms with Crippen LogP contribution in [0.1, 0.15) is 23.4 Å². The highest BCUT2D eigenvalue weighted by atomic mass is 19.4. The number of aromatic nitrogens is 2. The van der Waals surface area contributed by atoms with Crippen LogP contribution in [0.5, 0.6) is 0 Å². The molecule has 3 aromatic rings. The van der Waals surface area contributed by atoms with Gasteiger partial charge in [-0.3, -0.25) is 4.79 Å². The first-order valence-electron chi connectivity index (χ1n) is 8.22. The lowest BCUT2D eigenvalue weighted by atomic mass is 10.0. The number of carbonyl (C=O) groups is 1. The van der Waals surface area contributed by atoms with Gasteiger partial charge in [0.15, 0.2) is 5.76 Å². The number of furan rings is 1. The Balaban J connectivity index is 1.46. The van der Waals surface area contributed by atoms with E-state index in [0.717, 1.165) is 6.07 Å². The lowest BCUT2D eigenvalue weighted by Crippen LogP contribution is -2.26. The zero-order valence-electron chi connectivity index (χ0n) is 14.1. The fourth-order valence-electron chi connectivity index (χ4n) is 2.52. The predicted molar refractivity (Wildman–Crippen MR) is 88.5 cm³/mol. The van der Waals surface area contributed by atoms with E-state index in [-0.39, 0.29) is 43.2 Å². The van der Waals surface area contributed by atoms with Gasteiger partial charge in [0.05, 0.1) is 11.8 Å². The molecule has 142 valence electrons. The average molecular weight is 379 g/mol. The second kappa shape index (κ2) is 8.07. The maximum absolute atomic E-state index is 12.9. The summed E-state index contributed by atoms with van der Waals surface area (Å²) in [6, 6.07) is 8.69. The van der Waals surface area contributed by atoms with Crippen molar-refractivity contribution in [2.75, 3.05) is 6.54 Å². The van der Waals surface area contributed by atoms with Gasteiger partial charge in [0.2, 0.25) is 17.6 Å². The number of nitrogens with zero attached hydrogens (tertiary/aromatic N) is 2. The highest BCUT2D eigenvalue weighted by Crippen LogP contribution is 2.31. The van der Waals surface area contributed by atoms with Gasteiger partial charge in [0, 0.05) is 19.4 Å². The van der Waals surface area contributed by atoms with E-state index in [1.807, 2.05) is 0 Å².